The fourth-order valence-corrected chi connectivity index (χ4v) is 3.99. The van der Waals surface area contributed by atoms with Crippen LogP contribution in [0.15, 0.2) is 30.3 Å². The zero-order chi connectivity index (χ0) is 19.2. The molecular weight excluding hydrogens is 350 g/mol. The second kappa shape index (κ2) is 9.07. The molecule has 0 unspecified atom stereocenters. The van der Waals surface area contributed by atoms with Crippen LogP contribution < -0.4 is 10.6 Å². The summed E-state index contributed by atoms with van der Waals surface area (Å²) >= 11 is 4.35. The molecule has 1 aromatic rings. The SMILES string of the molecule is CNC(=O)[C@H](Cc1ccccc1)NC(=O)N1CCCC[C@@]1(CS)C(C)=O. The van der Waals surface area contributed by atoms with E-state index in [9.17, 15) is 14.4 Å². The number of carbonyl (C=O) groups excluding carboxylic acids is 3. The van der Waals surface area contributed by atoms with Crippen LogP contribution >= 0.6 is 12.6 Å². The monoisotopic (exact) mass is 377 g/mol. The number of urea groups is 1. The number of hydrogen-bond donors (Lipinski definition) is 3. The van der Waals surface area contributed by atoms with Crippen molar-refractivity contribution in [2.75, 3.05) is 19.3 Å². The van der Waals surface area contributed by atoms with Gasteiger partial charge in [-0.2, -0.15) is 12.6 Å². The Morgan fingerprint density at radius 1 is 1.23 bits per heavy atom. The first-order chi connectivity index (χ1) is 12.4. The number of amides is 3. The Labute approximate surface area is 160 Å². The summed E-state index contributed by atoms with van der Waals surface area (Å²) in [5, 5.41) is 5.42. The zero-order valence-corrected chi connectivity index (χ0v) is 16.2. The molecule has 142 valence electrons. The predicted molar refractivity (Wildman–Crippen MR) is 104 cm³/mol. The van der Waals surface area contributed by atoms with E-state index >= 15 is 0 Å². The van der Waals surface area contributed by atoms with Crippen LogP contribution in [0.4, 0.5) is 4.79 Å². The molecule has 3 amide bonds. The number of ketones is 1. The number of rotatable bonds is 6. The van der Waals surface area contributed by atoms with Crippen molar-refractivity contribution in [3.63, 3.8) is 0 Å². The number of likely N-dealkylation sites (N-methyl/N-ethyl adjacent to an activating group) is 1. The molecule has 26 heavy (non-hydrogen) atoms. The van der Waals surface area contributed by atoms with Gasteiger partial charge in [0.25, 0.3) is 0 Å². The van der Waals surface area contributed by atoms with Crippen molar-refractivity contribution in [1.29, 1.82) is 0 Å². The molecule has 1 aliphatic rings. The average Bonchev–Trinajstić information content (AvgIpc) is 2.67. The van der Waals surface area contributed by atoms with Crippen molar-refractivity contribution in [3.05, 3.63) is 35.9 Å². The summed E-state index contributed by atoms with van der Waals surface area (Å²) in [6.45, 7) is 1.99. The third-order valence-corrected chi connectivity index (χ3v) is 5.57. The number of nitrogens with one attached hydrogen (secondary N) is 2. The van der Waals surface area contributed by atoms with E-state index in [0.717, 1.165) is 18.4 Å². The minimum Gasteiger partial charge on any atom is -0.357 e. The van der Waals surface area contributed by atoms with E-state index in [0.29, 0.717) is 19.4 Å². The topological polar surface area (TPSA) is 78.5 Å². The van der Waals surface area contributed by atoms with Crippen LogP contribution in [-0.2, 0) is 16.0 Å². The number of hydrogen-bond acceptors (Lipinski definition) is 4. The molecule has 1 heterocycles. The number of thiol groups is 1. The number of carbonyl (C=O) groups is 3. The van der Waals surface area contributed by atoms with Crippen LogP contribution in [0, 0.1) is 0 Å². The summed E-state index contributed by atoms with van der Waals surface area (Å²) in [5.41, 5.74) is 0.0536. The third kappa shape index (κ3) is 4.38. The normalized spacial score (nSPS) is 21.0. The molecule has 0 saturated carbocycles. The smallest absolute Gasteiger partial charge is 0.318 e. The van der Waals surface area contributed by atoms with Gasteiger partial charge in [-0.1, -0.05) is 30.3 Å². The van der Waals surface area contributed by atoms with Gasteiger partial charge >= 0.3 is 6.03 Å². The minimum atomic E-state index is -0.897. The fraction of sp³-hybridized carbons (Fsp3) is 0.526. The van der Waals surface area contributed by atoms with Crippen LogP contribution in [0.2, 0.25) is 0 Å². The van der Waals surface area contributed by atoms with E-state index in [2.05, 4.69) is 23.3 Å². The summed E-state index contributed by atoms with van der Waals surface area (Å²) in [6, 6.07) is 8.42. The van der Waals surface area contributed by atoms with Gasteiger partial charge in [0.2, 0.25) is 5.91 Å². The molecule has 6 nitrogen and oxygen atoms in total. The summed E-state index contributed by atoms with van der Waals surface area (Å²) in [5.74, 6) is -0.0561. The van der Waals surface area contributed by atoms with E-state index < -0.39 is 17.6 Å². The lowest BCUT2D eigenvalue weighted by atomic mass is 9.85. The maximum atomic E-state index is 12.9. The van der Waals surface area contributed by atoms with E-state index in [1.807, 2.05) is 30.3 Å². The number of nitrogens with zero attached hydrogens (tertiary/aromatic N) is 1. The molecule has 2 atom stereocenters. The quantitative estimate of drug-likeness (QED) is 0.662. The van der Waals surface area contributed by atoms with Gasteiger partial charge in [0, 0.05) is 25.8 Å². The third-order valence-electron chi connectivity index (χ3n) is 5.04. The Morgan fingerprint density at radius 3 is 2.50 bits per heavy atom. The maximum Gasteiger partial charge on any atom is 0.318 e. The fourth-order valence-electron chi connectivity index (χ4n) is 3.43. The van der Waals surface area contributed by atoms with Crippen molar-refractivity contribution in [1.82, 2.24) is 15.5 Å². The first kappa shape index (κ1) is 20.3. The second-order valence-corrected chi connectivity index (χ2v) is 6.98. The molecule has 2 N–H and O–H groups in total. The molecule has 1 fully saturated rings. The highest BCUT2D eigenvalue weighted by Crippen LogP contribution is 2.30. The van der Waals surface area contributed by atoms with Gasteiger partial charge < -0.3 is 15.5 Å². The van der Waals surface area contributed by atoms with Crippen molar-refractivity contribution in [3.8, 4) is 0 Å². The Kier molecular flexibility index (Phi) is 7.08. The lowest BCUT2D eigenvalue weighted by molar-refractivity contribution is -0.127. The first-order valence-electron chi connectivity index (χ1n) is 8.90. The van der Waals surface area contributed by atoms with Crippen molar-refractivity contribution in [2.45, 2.75) is 44.2 Å². The van der Waals surface area contributed by atoms with Gasteiger partial charge in [-0.05, 0) is 31.7 Å². The van der Waals surface area contributed by atoms with Gasteiger partial charge in [0.15, 0.2) is 5.78 Å². The zero-order valence-electron chi connectivity index (χ0n) is 15.3. The molecule has 2 rings (SSSR count). The highest BCUT2D eigenvalue weighted by atomic mass is 32.1. The average molecular weight is 378 g/mol. The molecular formula is C19H27N3O3S. The molecule has 0 spiro atoms. The van der Waals surface area contributed by atoms with Gasteiger partial charge in [0.05, 0.1) is 0 Å². The Bertz CT molecular complexity index is 653. The highest BCUT2D eigenvalue weighted by molar-refractivity contribution is 7.80. The number of Topliss-reactive ketones (excluding diaryl/α,β-unsaturated/α-hetero) is 1. The molecule has 0 radical (unpaired) electrons. The van der Waals surface area contributed by atoms with Crippen molar-refractivity contribution in [2.24, 2.45) is 0 Å². The van der Waals surface area contributed by atoms with E-state index in [1.165, 1.54) is 6.92 Å². The first-order valence-corrected chi connectivity index (χ1v) is 9.53. The molecule has 0 aromatic heterocycles. The lowest BCUT2D eigenvalue weighted by Gasteiger charge is -2.45. The predicted octanol–water partition coefficient (Wildman–Crippen LogP) is 1.80. The van der Waals surface area contributed by atoms with Crippen LogP contribution in [0.25, 0.3) is 0 Å². The van der Waals surface area contributed by atoms with Gasteiger partial charge in [-0.3, -0.25) is 9.59 Å². The molecule has 7 heteroatoms. The number of benzene rings is 1. The van der Waals surface area contributed by atoms with Crippen molar-refractivity contribution >= 4 is 30.4 Å². The van der Waals surface area contributed by atoms with Crippen LogP contribution in [0.1, 0.15) is 31.7 Å². The van der Waals surface area contributed by atoms with Crippen LogP contribution in [-0.4, -0.2) is 53.5 Å². The van der Waals surface area contributed by atoms with E-state index in [1.54, 1.807) is 11.9 Å². The molecule has 0 bridgehead atoms. The highest BCUT2D eigenvalue weighted by Gasteiger charge is 2.45. The summed E-state index contributed by atoms with van der Waals surface area (Å²) in [7, 11) is 1.54. The molecule has 0 aliphatic carbocycles. The van der Waals surface area contributed by atoms with E-state index in [4.69, 9.17) is 0 Å². The Morgan fingerprint density at radius 2 is 1.92 bits per heavy atom. The molecule has 1 aliphatic heterocycles. The molecule has 1 saturated heterocycles. The standard InChI is InChI=1S/C19H27N3O3S/c1-14(23)19(13-26)10-6-7-11-22(19)18(25)21-16(17(24)20-2)12-15-8-4-3-5-9-15/h3-5,8-9,16,26H,6-7,10-13H2,1-2H3,(H,20,24)(H,21,25)/t16-,19+/m0/s1. The minimum absolute atomic E-state index is 0.0677. The Balaban J connectivity index is 2.19. The van der Waals surface area contributed by atoms with E-state index in [-0.39, 0.29) is 17.4 Å². The maximum absolute atomic E-state index is 12.9. The van der Waals surface area contributed by atoms with Gasteiger partial charge in [-0.15, -0.1) is 0 Å². The summed E-state index contributed by atoms with van der Waals surface area (Å²) < 4.78 is 0. The second-order valence-electron chi connectivity index (χ2n) is 6.66. The number of piperidine rings is 1. The number of likely N-dealkylation sites (tertiary alicyclic amines) is 1. The largest absolute Gasteiger partial charge is 0.357 e. The summed E-state index contributed by atoms with van der Waals surface area (Å²) in [4.78, 5) is 39.1. The van der Waals surface area contributed by atoms with Crippen LogP contribution in [0.5, 0.6) is 0 Å². The van der Waals surface area contributed by atoms with Gasteiger partial charge in [0.1, 0.15) is 11.6 Å². The molecule has 1 aromatic carbocycles. The van der Waals surface area contributed by atoms with Gasteiger partial charge in [-0.25, -0.2) is 4.79 Å². The van der Waals surface area contributed by atoms with Crippen molar-refractivity contribution < 1.29 is 14.4 Å². The van der Waals surface area contributed by atoms with Crippen LogP contribution in [0.3, 0.4) is 0 Å². The summed E-state index contributed by atoms with van der Waals surface area (Å²) in [6.07, 6.45) is 2.70. The Hall–Kier alpha value is -2.02. The lowest BCUT2D eigenvalue weighted by Crippen LogP contribution is -2.64.